The number of hydrogen-bond donors (Lipinski definition) is 2. The number of nitrogens with zero attached hydrogens (tertiary/aromatic N) is 1. The maximum absolute atomic E-state index is 10.0. The standard InChI is InChI=1S/C16H14NO.C12H22O2.Ir/c1-11(2)12-6-5-7-13(10-12)16-17-14-8-3-4-9-15(14)18-16;13-10-7-3-1-5-9-6-2-4-8-11(14)12(9)10;/h3-6,8-11H,1-2H3;9-14H,1-8H2;/q-1;;. The van der Waals surface area contributed by atoms with Gasteiger partial charge >= 0.3 is 0 Å². The smallest absolute Gasteiger partial charge is 0.141 e. The number of hydrogen-bond acceptors (Lipinski definition) is 4. The van der Waals surface area contributed by atoms with Crippen molar-refractivity contribution < 1.29 is 34.7 Å². The molecule has 2 fully saturated rings. The summed E-state index contributed by atoms with van der Waals surface area (Å²) in [6.07, 6.45) is 8.53. The molecular formula is C28H36IrNO3-. The van der Waals surface area contributed by atoms with Gasteiger partial charge < -0.3 is 14.6 Å². The van der Waals surface area contributed by atoms with Crippen molar-refractivity contribution in [1.29, 1.82) is 0 Å². The Labute approximate surface area is 211 Å². The third kappa shape index (κ3) is 6.54. The van der Waals surface area contributed by atoms with Crippen molar-refractivity contribution in [3.63, 3.8) is 0 Å². The summed E-state index contributed by atoms with van der Waals surface area (Å²) in [4.78, 5) is 4.49. The van der Waals surface area contributed by atoms with E-state index < -0.39 is 0 Å². The van der Waals surface area contributed by atoms with Crippen LogP contribution >= 0.6 is 0 Å². The second kappa shape index (κ2) is 12.3. The van der Waals surface area contributed by atoms with Crippen molar-refractivity contribution in [1.82, 2.24) is 4.98 Å². The first-order valence-corrected chi connectivity index (χ1v) is 12.3. The molecule has 3 aromatic rings. The fourth-order valence-corrected chi connectivity index (χ4v) is 5.27. The van der Waals surface area contributed by atoms with Gasteiger partial charge in [-0.05, 0) is 49.7 Å². The molecule has 2 aromatic carbocycles. The molecule has 181 valence electrons. The van der Waals surface area contributed by atoms with Gasteiger partial charge in [0, 0.05) is 26.0 Å². The minimum atomic E-state index is -0.240. The summed E-state index contributed by atoms with van der Waals surface area (Å²) in [5.74, 6) is 1.89. The molecule has 0 aliphatic heterocycles. The van der Waals surface area contributed by atoms with Crippen LogP contribution in [0.25, 0.3) is 22.6 Å². The minimum Gasteiger partial charge on any atom is -0.481 e. The Kier molecular flexibility index (Phi) is 9.69. The summed E-state index contributed by atoms with van der Waals surface area (Å²) in [7, 11) is 0. The Balaban J connectivity index is 0.000000186. The number of aromatic nitrogens is 1. The van der Waals surface area contributed by atoms with Crippen molar-refractivity contribution in [3.8, 4) is 11.5 Å². The molecule has 2 aliphatic rings. The van der Waals surface area contributed by atoms with E-state index in [2.05, 4.69) is 37.0 Å². The first-order valence-electron chi connectivity index (χ1n) is 12.3. The molecule has 1 aromatic heterocycles. The van der Waals surface area contributed by atoms with E-state index in [9.17, 15) is 10.2 Å². The number of oxazole rings is 1. The average molecular weight is 627 g/mol. The molecule has 2 unspecified atom stereocenters. The molecule has 1 radical (unpaired) electrons. The maximum atomic E-state index is 10.0. The normalized spacial score (nSPS) is 25.2. The van der Waals surface area contributed by atoms with Crippen LogP contribution in [0.5, 0.6) is 0 Å². The van der Waals surface area contributed by atoms with E-state index >= 15 is 0 Å². The van der Waals surface area contributed by atoms with Crippen LogP contribution in [0.1, 0.15) is 76.7 Å². The molecule has 5 rings (SSSR count). The fraction of sp³-hybridized carbons (Fsp3) is 0.536. The van der Waals surface area contributed by atoms with Crippen LogP contribution in [0.2, 0.25) is 0 Å². The van der Waals surface area contributed by atoms with Crippen molar-refractivity contribution in [2.75, 3.05) is 0 Å². The number of aliphatic hydroxyl groups excluding tert-OH is 2. The maximum Gasteiger partial charge on any atom is 0.141 e. The van der Waals surface area contributed by atoms with E-state index in [1.54, 1.807) is 0 Å². The van der Waals surface area contributed by atoms with Gasteiger partial charge in [-0.3, -0.25) is 4.98 Å². The third-order valence-corrected chi connectivity index (χ3v) is 7.10. The van der Waals surface area contributed by atoms with E-state index in [1.165, 1.54) is 31.2 Å². The van der Waals surface area contributed by atoms with Crippen molar-refractivity contribution in [2.45, 2.75) is 83.3 Å². The van der Waals surface area contributed by atoms with Gasteiger partial charge in [0.1, 0.15) is 11.5 Å². The predicted octanol–water partition coefficient (Wildman–Crippen LogP) is 6.50. The number of fused-ring (bicyclic) bond motifs is 2. The summed E-state index contributed by atoms with van der Waals surface area (Å²) in [6, 6.07) is 17.1. The molecule has 0 spiro atoms. The molecule has 33 heavy (non-hydrogen) atoms. The fourth-order valence-electron chi connectivity index (χ4n) is 5.27. The number of benzene rings is 2. The van der Waals surface area contributed by atoms with Gasteiger partial charge in [0.25, 0.3) is 0 Å². The Hall–Kier alpha value is -1.52. The molecule has 0 saturated heterocycles. The molecule has 5 heteroatoms. The molecule has 2 atom stereocenters. The summed E-state index contributed by atoms with van der Waals surface area (Å²) < 4.78 is 5.75. The number of aliphatic hydroxyl groups is 2. The molecule has 2 N–H and O–H groups in total. The SMILES string of the molecule is CC(C)c1cc[c-]c(-c2nc3ccccc3o2)c1.OC1CCCCC2CCCCC(O)C12.[Ir]. The van der Waals surface area contributed by atoms with Gasteiger partial charge in [0.05, 0.1) is 17.7 Å². The first kappa shape index (κ1) is 26.1. The van der Waals surface area contributed by atoms with Gasteiger partial charge in [-0.1, -0.05) is 57.2 Å². The van der Waals surface area contributed by atoms with Crippen molar-refractivity contribution >= 4 is 11.1 Å². The van der Waals surface area contributed by atoms with E-state index in [0.717, 1.165) is 42.3 Å². The summed E-state index contributed by atoms with van der Waals surface area (Å²) >= 11 is 0. The molecule has 1 heterocycles. The van der Waals surface area contributed by atoms with Crippen LogP contribution in [0.15, 0.2) is 46.9 Å². The molecule has 2 saturated carbocycles. The summed E-state index contributed by atoms with van der Waals surface area (Å²) in [5.41, 5.74) is 3.88. The van der Waals surface area contributed by atoms with Gasteiger partial charge in [-0.25, -0.2) is 0 Å². The van der Waals surface area contributed by atoms with E-state index in [-0.39, 0.29) is 38.2 Å². The summed E-state index contributed by atoms with van der Waals surface area (Å²) in [6.45, 7) is 4.34. The zero-order valence-electron chi connectivity index (χ0n) is 19.7. The topological polar surface area (TPSA) is 66.5 Å². The molecule has 4 nitrogen and oxygen atoms in total. The van der Waals surface area contributed by atoms with Crippen LogP contribution in [-0.4, -0.2) is 27.4 Å². The van der Waals surface area contributed by atoms with Crippen LogP contribution in [0, 0.1) is 17.9 Å². The zero-order valence-corrected chi connectivity index (χ0v) is 22.1. The van der Waals surface area contributed by atoms with E-state index in [1.807, 2.05) is 30.3 Å². The van der Waals surface area contributed by atoms with Crippen molar-refractivity contribution in [3.05, 3.63) is 54.1 Å². The second-order valence-electron chi connectivity index (χ2n) is 9.72. The molecule has 0 amide bonds. The second-order valence-corrected chi connectivity index (χ2v) is 9.72. The molecule has 2 aliphatic carbocycles. The number of para-hydroxylation sites is 2. The first-order chi connectivity index (χ1) is 15.5. The third-order valence-electron chi connectivity index (χ3n) is 7.10. The average Bonchev–Trinajstić information content (AvgIpc) is 3.03. The number of rotatable bonds is 2. The van der Waals surface area contributed by atoms with Crippen molar-refractivity contribution in [2.24, 2.45) is 11.8 Å². The van der Waals surface area contributed by atoms with Gasteiger partial charge in [0.15, 0.2) is 0 Å². The quantitative estimate of drug-likeness (QED) is 0.319. The van der Waals surface area contributed by atoms with Crippen LogP contribution in [0.3, 0.4) is 0 Å². The molecule has 0 bridgehead atoms. The van der Waals surface area contributed by atoms with Gasteiger partial charge in [0.2, 0.25) is 0 Å². The van der Waals surface area contributed by atoms with Crippen LogP contribution in [-0.2, 0) is 20.1 Å². The zero-order chi connectivity index (χ0) is 22.5. The van der Waals surface area contributed by atoms with E-state index in [0.29, 0.717) is 17.7 Å². The van der Waals surface area contributed by atoms with Gasteiger partial charge in [-0.2, -0.15) is 0 Å². The Morgan fingerprint density at radius 2 is 1.58 bits per heavy atom. The van der Waals surface area contributed by atoms with Crippen LogP contribution in [0.4, 0.5) is 0 Å². The predicted molar refractivity (Wildman–Crippen MR) is 128 cm³/mol. The summed E-state index contributed by atoms with van der Waals surface area (Å²) in [5, 5.41) is 20.0. The largest absolute Gasteiger partial charge is 0.481 e. The monoisotopic (exact) mass is 627 g/mol. The van der Waals surface area contributed by atoms with E-state index in [4.69, 9.17) is 4.42 Å². The Bertz CT molecular complexity index is 950. The van der Waals surface area contributed by atoms with Gasteiger partial charge in [-0.15, -0.1) is 29.8 Å². The molecular weight excluding hydrogens is 591 g/mol. The minimum absolute atomic E-state index is 0. The Morgan fingerprint density at radius 3 is 2.21 bits per heavy atom. The van der Waals surface area contributed by atoms with Crippen LogP contribution < -0.4 is 0 Å². The Morgan fingerprint density at radius 1 is 0.939 bits per heavy atom.